The van der Waals surface area contributed by atoms with Crippen LogP contribution in [0.5, 0.6) is 5.75 Å². The molecule has 0 spiro atoms. The molecule has 3 rings (SSSR count). The van der Waals surface area contributed by atoms with E-state index in [1.54, 1.807) is 56.3 Å². The summed E-state index contributed by atoms with van der Waals surface area (Å²) in [7, 11) is 0. The number of carbonyl (C=O) groups is 2. The van der Waals surface area contributed by atoms with Crippen molar-refractivity contribution in [1.82, 2.24) is 0 Å². The van der Waals surface area contributed by atoms with Crippen molar-refractivity contribution in [3.63, 3.8) is 0 Å². The molecule has 1 atom stereocenters. The predicted molar refractivity (Wildman–Crippen MR) is 135 cm³/mol. The van der Waals surface area contributed by atoms with Gasteiger partial charge in [0.2, 0.25) is 5.78 Å². The molecule has 0 heterocycles. The van der Waals surface area contributed by atoms with Gasteiger partial charge in [0.25, 0.3) is 0 Å². The molecule has 176 valence electrons. The van der Waals surface area contributed by atoms with Crippen molar-refractivity contribution in [2.24, 2.45) is 11.0 Å². The minimum Gasteiger partial charge on any atom is -0.489 e. The molecule has 0 saturated heterocycles. The monoisotopic (exact) mass is 498 g/mol. The zero-order valence-corrected chi connectivity index (χ0v) is 20.3. The fourth-order valence-electron chi connectivity index (χ4n) is 3.08. The second-order valence-corrected chi connectivity index (χ2v) is 8.18. The van der Waals surface area contributed by atoms with Crippen LogP contribution in [0.2, 0.25) is 10.0 Å². The van der Waals surface area contributed by atoms with Crippen molar-refractivity contribution in [1.29, 1.82) is 0 Å². The lowest BCUT2D eigenvalue weighted by atomic mass is 9.94. The smallest absolute Gasteiger partial charge is 0.375 e. The Morgan fingerprint density at radius 3 is 2.35 bits per heavy atom. The van der Waals surface area contributed by atoms with Gasteiger partial charge < -0.3 is 9.47 Å². The summed E-state index contributed by atoms with van der Waals surface area (Å²) in [6, 6.07) is 21.8. The third-order valence-corrected chi connectivity index (χ3v) is 5.45. The largest absolute Gasteiger partial charge is 0.489 e. The maximum atomic E-state index is 12.6. The zero-order valence-electron chi connectivity index (χ0n) is 18.8. The van der Waals surface area contributed by atoms with Crippen LogP contribution < -0.4 is 10.2 Å². The SMILES string of the molecule is CCOC(=O)C(=O)C(C)/C(=N\Nc1ccc(Cl)cc1Cl)c1ccc(OCc2ccccc2)cc1. The Balaban J connectivity index is 1.84. The number of Topliss-reactive ketones (excluding diaryl/α,β-unsaturated/α-hetero) is 1. The number of hydrogen-bond donors (Lipinski definition) is 1. The standard InChI is InChI=1S/C26H24Cl2N2O4/c1-3-33-26(32)25(31)17(2)24(30-29-23-14-11-20(27)15-22(23)28)19-9-12-21(13-10-19)34-16-18-7-5-4-6-8-18/h4-15,17,29H,3,16H2,1-2H3/b30-24+. The molecule has 0 amide bonds. The number of nitrogens with one attached hydrogen (secondary N) is 1. The van der Waals surface area contributed by atoms with Gasteiger partial charge in [-0.05, 0) is 67.4 Å². The van der Waals surface area contributed by atoms with Crippen molar-refractivity contribution in [3.8, 4) is 5.75 Å². The van der Waals surface area contributed by atoms with E-state index >= 15 is 0 Å². The molecule has 3 aromatic carbocycles. The highest BCUT2D eigenvalue weighted by atomic mass is 35.5. The maximum Gasteiger partial charge on any atom is 0.375 e. The zero-order chi connectivity index (χ0) is 24.5. The van der Waals surface area contributed by atoms with Gasteiger partial charge in [0.05, 0.1) is 28.9 Å². The molecule has 6 nitrogen and oxygen atoms in total. The van der Waals surface area contributed by atoms with Gasteiger partial charge in [-0.1, -0.05) is 53.5 Å². The van der Waals surface area contributed by atoms with Crippen LogP contribution in [0.4, 0.5) is 5.69 Å². The van der Waals surface area contributed by atoms with E-state index in [4.69, 9.17) is 32.7 Å². The van der Waals surface area contributed by atoms with Crippen LogP contribution in [0.3, 0.4) is 0 Å². The molecular formula is C26H24Cl2N2O4. The van der Waals surface area contributed by atoms with E-state index in [0.29, 0.717) is 39.4 Å². The normalized spacial score (nSPS) is 12.1. The van der Waals surface area contributed by atoms with E-state index in [-0.39, 0.29) is 6.61 Å². The summed E-state index contributed by atoms with van der Waals surface area (Å²) in [5.41, 5.74) is 5.40. The van der Waals surface area contributed by atoms with Crippen molar-refractivity contribution < 1.29 is 19.1 Å². The number of rotatable bonds is 10. The van der Waals surface area contributed by atoms with Crippen LogP contribution >= 0.6 is 23.2 Å². The minimum atomic E-state index is -0.907. The Labute approximate surface area is 208 Å². The van der Waals surface area contributed by atoms with Crippen LogP contribution in [0.1, 0.15) is 25.0 Å². The Morgan fingerprint density at radius 2 is 1.71 bits per heavy atom. The summed E-state index contributed by atoms with van der Waals surface area (Å²) in [5, 5.41) is 5.26. The fourth-order valence-corrected chi connectivity index (χ4v) is 3.53. The lowest BCUT2D eigenvalue weighted by molar-refractivity contribution is -0.154. The highest BCUT2D eigenvalue weighted by Crippen LogP contribution is 2.26. The molecule has 0 fully saturated rings. The molecule has 0 bridgehead atoms. The molecule has 0 aliphatic heterocycles. The second kappa shape index (κ2) is 12.2. The molecule has 8 heteroatoms. The first-order valence-corrected chi connectivity index (χ1v) is 11.4. The number of benzene rings is 3. The number of hydrogen-bond acceptors (Lipinski definition) is 6. The van der Waals surface area contributed by atoms with Crippen LogP contribution in [0.25, 0.3) is 0 Å². The van der Waals surface area contributed by atoms with E-state index < -0.39 is 17.7 Å². The van der Waals surface area contributed by atoms with Crippen LogP contribution in [0.15, 0.2) is 77.9 Å². The van der Waals surface area contributed by atoms with Gasteiger partial charge in [0.15, 0.2) is 0 Å². The van der Waals surface area contributed by atoms with Crippen LogP contribution in [-0.4, -0.2) is 24.1 Å². The van der Waals surface area contributed by atoms with Gasteiger partial charge in [-0.15, -0.1) is 0 Å². The van der Waals surface area contributed by atoms with Crippen LogP contribution in [-0.2, 0) is 20.9 Å². The van der Waals surface area contributed by atoms with Crippen molar-refractivity contribution in [2.75, 3.05) is 12.0 Å². The topological polar surface area (TPSA) is 77.0 Å². The molecule has 0 saturated carbocycles. The average molecular weight is 499 g/mol. The molecule has 1 unspecified atom stereocenters. The maximum absolute atomic E-state index is 12.6. The summed E-state index contributed by atoms with van der Waals surface area (Å²) in [6.07, 6.45) is 0. The van der Waals surface area contributed by atoms with Gasteiger partial charge in [-0.25, -0.2) is 4.79 Å². The average Bonchev–Trinajstić information content (AvgIpc) is 2.85. The first kappa shape index (κ1) is 25.3. The van der Waals surface area contributed by atoms with Crippen molar-refractivity contribution >= 4 is 46.4 Å². The van der Waals surface area contributed by atoms with Gasteiger partial charge in [0, 0.05) is 5.02 Å². The Hall–Kier alpha value is -3.35. The number of nitrogens with zero attached hydrogens (tertiary/aromatic N) is 1. The second-order valence-electron chi connectivity index (χ2n) is 7.34. The summed E-state index contributed by atoms with van der Waals surface area (Å²) in [5.74, 6) is -1.82. The summed E-state index contributed by atoms with van der Waals surface area (Å²) in [6.45, 7) is 3.78. The molecular weight excluding hydrogens is 475 g/mol. The molecule has 0 aromatic heterocycles. The van der Waals surface area contributed by atoms with Gasteiger partial charge in [-0.2, -0.15) is 5.10 Å². The number of halogens is 2. The lowest BCUT2D eigenvalue weighted by Gasteiger charge is -2.15. The molecule has 0 radical (unpaired) electrons. The quantitative estimate of drug-likeness (QED) is 0.157. The number of hydrazone groups is 1. The van der Waals surface area contributed by atoms with Crippen molar-refractivity contribution in [3.05, 3.63) is 94.0 Å². The molecule has 34 heavy (non-hydrogen) atoms. The number of ether oxygens (including phenoxy) is 2. The summed E-state index contributed by atoms with van der Waals surface area (Å²) < 4.78 is 10.7. The summed E-state index contributed by atoms with van der Waals surface area (Å²) >= 11 is 12.2. The van der Waals surface area contributed by atoms with Crippen LogP contribution in [0, 0.1) is 5.92 Å². The first-order chi connectivity index (χ1) is 16.4. The lowest BCUT2D eigenvalue weighted by Crippen LogP contribution is -2.30. The van der Waals surface area contributed by atoms with Crippen molar-refractivity contribution in [2.45, 2.75) is 20.5 Å². The molecule has 3 aromatic rings. The predicted octanol–water partition coefficient (Wildman–Crippen LogP) is 6.16. The Morgan fingerprint density at radius 1 is 1.00 bits per heavy atom. The van der Waals surface area contributed by atoms with E-state index in [1.165, 1.54) is 0 Å². The van der Waals surface area contributed by atoms with E-state index in [0.717, 1.165) is 5.56 Å². The minimum absolute atomic E-state index is 0.107. The highest BCUT2D eigenvalue weighted by molar-refractivity contribution is 6.40. The highest BCUT2D eigenvalue weighted by Gasteiger charge is 2.28. The van der Waals surface area contributed by atoms with Gasteiger partial charge >= 0.3 is 5.97 Å². The Bertz CT molecular complexity index is 1170. The van der Waals surface area contributed by atoms with Gasteiger partial charge in [0.1, 0.15) is 12.4 Å². The molecule has 0 aliphatic carbocycles. The van der Waals surface area contributed by atoms with E-state index in [2.05, 4.69) is 10.5 Å². The number of carbonyl (C=O) groups excluding carboxylic acids is 2. The number of anilines is 1. The number of esters is 1. The first-order valence-electron chi connectivity index (χ1n) is 10.7. The fraction of sp³-hybridized carbons (Fsp3) is 0.192. The molecule has 0 aliphatic rings. The van der Waals surface area contributed by atoms with Gasteiger partial charge in [-0.3, -0.25) is 10.2 Å². The van der Waals surface area contributed by atoms with E-state index in [9.17, 15) is 9.59 Å². The third kappa shape index (κ3) is 6.83. The Kier molecular flexibility index (Phi) is 9.08. The van der Waals surface area contributed by atoms with E-state index in [1.807, 2.05) is 30.3 Å². The number of ketones is 1. The molecule has 1 N–H and O–H groups in total. The summed E-state index contributed by atoms with van der Waals surface area (Å²) in [4.78, 5) is 24.7. The third-order valence-electron chi connectivity index (χ3n) is 4.91.